The predicted octanol–water partition coefficient (Wildman–Crippen LogP) is 1.05. The average molecular weight is 257 g/mol. The van der Waals surface area contributed by atoms with Crippen LogP contribution in [0.5, 0.6) is 0 Å². The molecule has 5 heteroatoms. The molecule has 5 nitrogen and oxygen atoms in total. The molecule has 2 N–H and O–H groups in total. The number of aromatic nitrogens is 3. The largest absolute Gasteiger partial charge is 0.330 e. The molecular formula is C14H19N5. The summed E-state index contributed by atoms with van der Waals surface area (Å²) >= 11 is 0. The van der Waals surface area contributed by atoms with Crippen LogP contribution in [0.2, 0.25) is 0 Å². The van der Waals surface area contributed by atoms with Crippen LogP contribution in [0.1, 0.15) is 12.1 Å². The second-order valence-electron chi connectivity index (χ2n) is 5.04. The Morgan fingerprint density at radius 2 is 2.11 bits per heavy atom. The molecule has 3 rings (SSSR count). The van der Waals surface area contributed by atoms with Crippen molar-refractivity contribution in [3.63, 3.8) is 0 Å². The van der Waals surface area contributed by atoms with Gasteiger partial charge in [-0.15, -0.1) is 0 Å². The van der Waals surface area contributed by atoms with Crippen molar-refractivity contribution in [2.75, 3.05) is 19.6 Å². The van der Waals surface area contributed by atoms with Gasteiger partial charge in [-0.3, -0.25) is 9.47 Å². The zero-order chi connectivity index (χ0) is 13.1. The van der Waals surface area contributed by atoms with Crippen LogP contribution >= 0.6 is 0 Å². The summed E-state index contributed by atoms with van der Waals surface area (Å²) in [4.78, 5) is 11.1. The van der Waals surface area contributed by atoms with E-state index >= 15 is 0 Å². The van der Waals surface area contributed by atoms with Crippen LogP contribution in [0.25, 0.3) is 5.95 Å². The highest BCUT2D eigenvalue weighted by molar-refractivity contribution is 5.20. The van der Waals surface area contributed by atoms with Gasteiger partial charge in [0.1, 0.15) is 0 Å². The monoisotopic (exact) mass is 257 g/mol. The number of nitrogens with two attached hydrogens (primary N) is 1. The van der Waals surface area contributed by atoms with Crippen molar-refractivity contribution >= 4 is 0 Å². The first-order valence-electron chi connectivity index (χ1n) is 6.73. The van der Waals surface area contributed by atoms with Crippen molar-refractivity contribution in [1.29, 1.82) is 0 Å². The molecule has 0 aliphatic carbocycles. The third kappa shape index (κ3) is 2.67. The number of hydrogen-bond donors (Lipinski definition) is 1. The van der Waals surface area contributed by atoms with Crippen molar-refractivity contribution in [2.24, 2.45) is 11.7 Å². The summed E-state index contributed by atoms with van der Waals surface area (Å²) in [6, 6.07) is 6.01. The Kier molecular flexibility index (Phi) is 3.57. The standard InChI is InChI=1S/C14H19N5/c15-9-12-4-8-18(10-12)11-13-3-1-7-19(13)14-16-5-2-6-17-14/h1-3,5-7,12H,4,8-11,15H2/t12-/m1/s1. The Morgan fingerprint density at radius 1 is 1.26 bits per heavy atom. The number of rotatable bonds is 4. The molecule has 0 spiro atoms. The lowest BCUT2D eigenvalue weighted by Gasteiger charge is -2.16. The van der Waals surface area contributed by atoms with Gasteiger partial charge in [-0.2, -0.15) is 0 Å². The summed E-state index contributed by atoms with van der Waals surface area (Å²) in [7, 11) is 0. The molecule has 0 saturated carbocycles. The van der Waals surface area contributed by atoms with Crippen LogP contribution < -0.4 is 5.73 Å². The summed E-state index contributed by atoms with van der Waals surface area (Å²) in [6.07, 6.45) is 6.76. The van der Waals surface area contributed by atoms with Gasteiger partial charge in [-0.1, -0.05) is 0 Å². The minimum absolute atomic E-state index is 0.649. The van der Waals surface area contributed by atoms with E-state index in [0.717, 1.165) is 32.1 Å². The van der Waals surface area contributed by atoms with Gasteiger partial charge in [-0.25, -0.2) is 9.97 Å². The van der Waals surface area contributed by atoms with Gasteiger partial charge >= 0.3 is 0 Å². The fourth-order valence-corrected chi connectivity index (χ4v) is 2.63. The Hall–Kier alpha value is -1.72. The summed E-state index contributed by atoms with van der Waals surface area (Å²) in [5.74, 6) is 1.38. The molecule has 1 aliphatic heterocycles. The second kappa shape index (κ2) is 5.50. The molecule has 1 aliphatic rings. The molecule has 0 radical (unpaired) electrons. The Morgan fingerprint density at radius 3 is 2.84 bits per heavy atom. The minimum atomic E-state index is 0.649. The van der Waals surface area contributed by atoms with Crippen molar-refractivity contribution in [3.05, 3.63) is 42.5 Å². The average Bonchev–Trinajstić information content (AvgIpc) is 3.09. The van der Waals surface area contributed by atoms with Crippen LogP contribution in [0.15, 0.2) is 36.8 Å². The third-order valence-electron chi connectivity index (χ3n) is 3.69. The maximum absolute atomic E-state index is 5.74. The molecule has 2 aromatic heterocycles. The van der Waals surface area contributed by atoms with Crippen LogP contribution in [0.3, 0.4) is 0 Å². The SMILES string of the molecule is NC[C@H]1CCN(Cc2cccn2-c2ncccn2)C1. The lowest BCUT2D eigenvalue weighted by molar-refractivity contribution is 0.312. The van der Waals surface area contributed by atoms with Crippen molar-refractivity contribution in [3.8, 4) is 5.95 Å². The van der Waals surface area contributed by atoms with E-state index in [1.54, 1.807) is 12.4 Å². The van der Waals surface area contributed by atoms with E-state index in [0.29, 0.717) is 5.92 Å². The van der Waals surface area contributed by atoms with E-state index in [-0.39, 0.29) is 0 Å². The molecule has 1 atom stereocenters. The first kappa shape index (κ1) is 12.3. The molecule has 0 unspecified atom stereocenters. The van der Waals surface area contributed by atoms with Gasteiger partial charge in [0.2, 0.25) is 5.95 Å². The predicted molar refractivity (Wildman–Crippen MR) is 73.8 cm³/mol. The quantitative estimate of drug-likeness (QED) is 0.889. The van der Waals surface area contributed by atoms with Crippen molar-refractivity contribution in [1.82, 2.24) is 19.4 Å². The van der Waals surface area contributed by atoms with Gasteiger partial charge < -0.3 is 5.73 Å². The Labute approximate surface area is 113 Å². The molecule has 1 fully saturated rings. The van der Waals surface area contributed by atoms with E-state index < -0.39 is 0 Å². The second-order valence-corrected chi connectivity index (χ2v) is 5.04. The Balaban J connectivity index is 1.75. The molecule has 2 aromatic rings. The number of likely N-dealkylation sites (tertiary alicyclic amines) is 1. The summed E-state index contributed by atoms with van der Waals surface area (Å²) in [5.41, 5.74) is 6.96. The topological polar surface area (TPSA) is 60.0 Å². The molecule has 1 saturated heterocycles. The van der Waals surface area contributed by atoms with Crippen molar-refractivity contribution < 1.29 is 0 Å². The highest BCUT2D eigenvalue weighted by Crippen LogP contribution is 2.18. The van der Waals surface area contributed by atoms with Gasteiger partial charge in [0, 0.05) is 37.4 Å². The fourth-order valence-electron chi connectivity index (χ4n) is 2.63. The van der Waals surface area contributed by atoms with E-state index in [9.17, 15) is 0 Å². The van der Waals surface area contributed by atoms with E-state index in [2.05, 4.69) is 25.5 Å². The van der Waals surface area contributed by atoms with Gasteiger partial charge in [-0.05, 0) is 43.6 Å². The van der Waals surface area contributed by atoms with E-state index in [1.807, 2.05) is 18.3 Å². The lowest BCUT2D eigenvalue weighted by atomic mass is 10.1. The molecule has 100 valence electrons. The molecule has 3 heterocycles. The highest BCUT2D eigenvalue weighted by Gasteiger charge is 2.22. The third-order valence-corrected chi connectivity index (χ3v) is 3.69. The van der Waals surface area contributed by atoms with Gasteiger partial charge in [0.25, 0.3) is 0 Å². The Bertz CT molecular complexity index is 522. The van der Waals surface area contributed by atoms with Gasteiger partial charge in [0.05, 0.1) is 0 Å². The molecular weight excluding hydrogens is 238 g/mol. The zero-order valence-corrected chi connectivity index (χ0v) is 10.9. The van der Waals surface area contributed by atoms with Gasteiger partial charge in [0.15, 0.2) is 0 Å². The van der Waals surface area contributed by atoms with Crippen molar-refractivity contribution in [2.45, 2.75) is 13.0 Å². The summed E-state index contributed by atoms with van der Waals surface area (Å²) in [5, 5.41) is 0. The number of hydrogen-bond acceptors (Lipinski definition) is 4. The molecule has 0 amide bonds. The zero-order valence-electron chi connectivity index (χ0n) is 10.9. The van der Waals surface area contributed by atoms with Crippen LogP contribution in [0.4, 0.5) is 0 Å². The molecule has 0 aromatic carbocycles. The molecule has 19 heavy (non-hydrogen) atoms. The normalized spacial score (nSPS) is 19.9. The summed E-state index contributed by atoms with van der Waals surface area (Å²) < 4.78 is 2.05. The van der Waals surface area contributed by atoms with Crippen LogP contribution in [-0.4, -0.2) is 39.1 Å². The maximum Gasteiger partial charge on any atom is 0.233 e. The van der Waals surface area contributed by atoms with E-state index in [4.69, 9.17) is 5.73 Å². The highest BCUT2D eigenvalue weighted by atomic mass is 15.2. The van der Waals surface area contributed by atoms with Crippen LogP contribution in [-0.2, 0) is 6.54 Å². The van der Waals surface area contributed by atoms with E-state index in [1.165, 1.54) is 12.1 Å². The summed E-state index contributed by atoms with van der Waals surface area (Å²) in [6.45, 7) is 3.95. The smallest absolute Gasteiger partial charge is 0.233 e. The first-order valence-corrected chi connectivity index (χ1v) is 6.73. The lowest BCUT2D eigenvalue weighted by Crippen LogP contribution is -2.24. The minimum Gasteiger partial charge on any atom is -0.330 e. The first-order chi connectivity index (χ1) is 9.36. The van der Waals surface area contributed by atoms with Crippen LogP contribution in [0, 0.1) is 5.92 Å². The number of nitrogens with zero attached hydrogens (tertiary/aromatic N) is 4. The fraction of sp³-hybridized carbons (Fsp3) is 0.429. The molecule has 0 bridgehead atoms. The maximum atomic E-state index is 5.74.